The highest BCUT2D eigenvalue weighted by Gasteiger charge is 2.16. The van der Waals surface area contributed by atoms with E-state index >= 15 is 0 Å². The minimum atomic E-state index is -0.700. The lowest BCUT2D eigenvalue weighted by molar-refractivity contribution is -0.383. The molecule has 2 aromatic rings. The van der Waals surface area contributed by atoms with E-state index in [1.165, 1.54) is 18.2 Å². The fourth-order valence-corrected chi connectivity index (χ4v) is 2.21. The number of halogens is 1. The van der Waals surface area contributed by atoms with E-state index in [0.29, 0.717) is 5.69 Å². The summed E-state index contributed by atoms with van der Waals surface area (Å²) in [5.41, 5.74) is 6.07. The van der Waals surface area contributed by atoms with Crippen molar-refractivity contribution in [2.45, 2.75) is 0 Å². The number of nitrogens with one attached hydrogen (secondary N) is 1. The molecule has 0 saturated heterocycles. The van der Waals surface area contributed by atoms with E-state index in [0.717, 1.165) is 9.26 Å². The minimum Gasteiger partial charge on any atom is -0.366 e. The van der Waals surface area contributed by atoms with Crippen LogP contribution in [-0.4, -0.2) is 10.8 Å². The van der Waals surface area contributed by atoms with Crippen LogP contribution in [0.4, 0.5) is 17.1 Å². The van der Waals surface area contributed by atoms with Crippen LogP contribution in [0.1, 0.15) is 10.4 Å². The summed E-state index contributed by atoms with van der Waals surface area (Å²) in [4.78, 5) is 21.6. The number of rotatable bonds is 4. The van der Waals surface area contributed by atoms with Gasteiger partial charge in [0, 0.05) is 20.9 Å². The first kappa shape index (κ1) is 14.3. The zero-order chi connectivity index (χ0) is 14.7. The smallest absolute Gasteiger partial charge is 0.293 e. The van der Waals surface area contributed by atoms with Gasteiger partial charge in [0.2, 0.25) is 5.91 Å². The first-order valence-corrected chi connectivity index (χ1v) is 6.66. The van der Waals surface area contributed by atoms with Gasteiger partial charge in [0.15, 0.2) is 0 Å². The van der Waals surface area contributed by atoms with Crippen molar-refractivity contribution in [2.75, 3.05) is 5.32 Å². The summed E-state index contributed by atoms with van der Waals surface area (Å²) >= 11 is 2.15. The summed E-state index contributed by atoms with van der Waals surface area (Å²) in [5.74, 6) is -0.700. The quantitative estimate of drug-likeness (QED) is 0.482. The molecule has 0 bridgehead atoms. The number of nitro groups is 1. The summed E-state index contributed by atoms with van der Waals surface area (Å²) in [5, 5.41) is 14.0. The van der Waals surface area contributed by atoms with E-state index in [-0.39, 0.29) is 11.3 Å². The summed E-state index contributed by atoms with van der Waals surface area (Å²) in [6.45, 7) is 0. The van der Waals surface area contributed by atoms with Crippen LogP contribution in [0.15, 0.2) is 42.5 Å². The highest BCUT2D eigenvalue weighted by atomic mass is 127. The zero-order valence-electron chi connectivity index (χ0n) is 10.2. The fraction of sp³-hybridized carbons (Fsp3) is 0. The highest BCUT2D eigenvalue weighted by molar-refractivity contribution is 14.1. The Balaban J connectivity index is 2.41. The fourth-order valence-electron chi connectivity index (χ4n) is 1.66. The molecule has 6 nitrogen and oxygen atoms in total. The molecule has 20 heavy (non-hydrogen) atoms. The van der Waals surface area contributed by atoms with E-state index < -0.39 is 10.8 Å². The Morgan fingerprint density at radius 2 is 2.00 bits per heavy atom. The molecular weight excluding hydrogens is 373 g/mol. The normalized spacial score (nSPS) is 10.1. The van der Waals surface area contributed by atoms with Crippen LogP contribution in [0.5, 0.6) is 0 Å². The van der Waals surface area contributed by atoms with Gasteiger partial charge in [0.1, 0.15) is 5.69 Å². The van der Waals surface area contributed by atoms with Crippen molar-refractivity contribution in [2.24, 2.45) is 5.73 Å². The third-order valence-corrected chi connectivity index (χ3v) is 3.25. The van der Waals surface area contributed by atoms with Gasteiger partial charge in [0.05, 0.1) is 4.92 Å². The van der Waals surface area contributed by atoms with Crippen molar-refractivity contribution in [1.29, 1.82) is 0 Å². The molecule has 0 aliphatic rings. The molecule has 0 aliphatic heterocycles. The predicted molar refractivity (Wildman–Crippen MR) is 84.1 cm³/mol. The van der Waals surface area contributed by atoms with Gasteiger partial charge >= 0.3 is 0 Å². The minimum absolute atomic E-state index is 0.102. The van der Waals surface area contributed by atoms with Gasteiger partial charge in [-0.05, 0) is 52.9 Å². The number of anilines is 2. The Labute approximate surface area is 128 Å². The standard InChI is InChI=1S/C13H10IN3O3/c14-9-2-1-3-10(7-9)16-11-5-4-8(13(15)18)6-12(11)17(19)20/h1-7,16H,(H2,15,18). The van der Waals surface area contributed by atoms with Crippen molar-refractivity contribution >= 4 is 45.6 Å². The molecular formula is C13H10IN3O3. The maximum absolute atomic E-state index is 11.1. The average Bonchev–Trinajstić information content (AvgIpc) is 2.38. The van der Waals surface area contributed by atoms with Crippen LogP contribution < -0.4 is 11.1 Å². The molecule has 0 unspecified atom stereocenters. The SMILES string of the molecule is NC(=O)c1ccc(Nc2cccc(I)c2)c([N+](=O)[O-])c1. The highest BCUT2D eigenvalue weighted by Crippen LogP contribution is 2.29. The second-order valence-electron chi connectivity index (χ2n) is 3.99. The summed E-state index contributed by atoms with van der Waals surface area (Å²) < 4.78 is 1.00. The van der Waals surface area contributed by atoms with E-state index in [2.05, 4.69) is 27.9 Å². The maximum Gasteiger partial charge on any atom is 0.293 e. The molecule has 1 amide bonds. The summed E-state index contributed by atoms with van der Waals surface area (Å²) in [6, 6.07) is 11.5. The van der Waals surface area contributed by atoms with Gasteiger partial charge < -0.3 is 11.1 Å². The number of nitrogens with zero attached hydrogens (tertiary/aromatic N) is 1. The second-order valence-corrected chi connectivity index (χ2v) is 5.23. The van der Waals surface area contributed by atoms with E-state index in [9.17, 15) is 14.9 Å². The van der Waals surface area contributed by atoms with Gasteiger partial charge in [-0.2, -0.15) is 0 Å². The van der Waals surface area contributed by atoms with Gasteiger partial charge in [-0.3, -0.25) is 14.9 Å². The third-order valence-electron chi connectivity index (χ3n) is 2.58. The summed E-state index contributed by atoms with van der Waals surface area (Å²) in [7, 11) is 0. The number of hydrogen-bond donors (Lipinski definition) is 2. The number of carbonyl (C=O) groups is 1. The lowest BCUT2D eigenvalue weighted by Crippen LogP contribution is -2.11. The van der Waals surface area contributed by atoms with Gasteiger partial charge in [0.25, 0.3) is 5.69 Å². The van der Waals surface area contributed by atoms with Crippen LogP contribution in [0.25, 0.3) is 0 Å². The Kier molecular flexibility index (Phi) is 4.18. The molecule has 3 N–H and O–H groups in total. The second kappa shape index (κ2) is 5.87. The van der Waals surface area contributed by atoms with Crippen molar-refractivity contribution < 1.29 is 9.72 Å². The number of hydrogen-bond acceptors (Lipinski definition) is 4. The number of amides is 1. The Bertz CT molecular complexity index is 688. The van der Waals surface area contributed by atoms with Crippen molar-refractivity contribution in [1.82, 2.24) is 0 Å². The summed E-state index contributed by atoms with van der Waals surface area (Å²) in [6.07, 6.45) is 0. The van der Waals surface area contributed by atoms with Crippen LogP contribution >= 0.6 is 22.6 Å². The van der Waals surface area contributed by atoms with Crippen molar-refractivity contribution in [3.05, 3.63) is 61.7 Å². The Morgan fingerprint density at radius 1 is 1.25 bits per heavy atom. The van der Waals surface area contributed by atoms with Gasteiger partial charge in [-0.15, -0.1) is 0 Å². The first-order chi connectivity index (χ1) is 9.47. The molecule has 0 saturated carbocycles. The van der Waals surface area contributed by atoms with Crippen LogP contribution in [-0.2, 0) is 0 Å². The first-order valence-electron chi connectivity index (χ1n) is 5.58. The van der Waals surface area contributed by atoms with Gasteiger partial charge in [-0.25, -0.2) is 0 Å². The molecule has 2 aromatic carbocycles. The van der Waals surface area contributed by atoms with E-state index in [1.807, 2.05) is 18.2 Å². The third kappa shape index (κ3) is 3.23. The molecule has 7 heteroatoms. The number of benzene rings is 2. The topological polar surface area (TPSA) is 98.3 Å². The number of carbonyl (C=O) groups excluding carboxylic acids is 1. The van der Waals surface area contributed by atoms with Crippen molar-refractivity contribution in [3.63, 3.8) is 0 Å². The largest absolute Gasteiger partial charge is 0.366 e. The Morgan fingerprint density at radius 3 is 2.60 bits per heavy atom. The zero-order valence-corrected chi connectivity index (χ0v) is 12.3. The van der Waals surface area contributed by atoms with E-state index in [1.54, 1.807) is 6.07 Å². The molecule has 0 radical (unpaired) electrons. The van der Waals surface area contributed by atoms with Crippen LogP contribution in [0, 0.1) is 13.7 Å². The number of nitro benzene ring substituents is 1. The molecule has 102 valence electrons. The molecule has 0 aliphatic carbocycles. The monoisotopic (exact) mass is 383 g/mol. The lowest BCUT2D eigenvalue weighted by atomic mass is 10.1. The molecule has 0 spiro atoms. The Hall–Kier alpha value is -2.16. The number of primary amides is 1. The van der Waals surface area contributed by atoms with Crippen LogP contribution in [0.3, 0.4) is 0 Å². The van der Waals surface area contributed by atoms with Crippen molar-refractivity contribution in [3.8, 4) is 0 Å². The molecule has 0 fully saturated rings. The molecule has 0 aromatic heterocycles. The maximum atomic E-state index is 11.1. The number of nitrogens with two attached hydrogens (primary N) is 1. The average molecular weight is 383 g/mol. The van der Waals surface area contributed by atoms with E-state index in [4.69, 9.17) is 5.73 Å². The lowest BCUT2D eigenvalue weighted by Gasteiger charge is -2.08. The van der Waals surface area contributed by atoms with Crippen LogP contribution in [0.2, 0.25) is 0 Å². The molecule has 0 atom stereocenters. The molecule has 0 heterocycles. The predicted octanol–water partition coefficient (Wildman–Crippen LogP) is 3.04. The molecule has 2 rings (SSSR count). The van der Waals surface area contributed by atoms with Gasteiger partial charge in [-0.1, -0.05) is 6.07 Å².